The first-order valence-electron chi connectivity index (χ1n) is 6.80. The number of pyridine rings is 1. The summed E-state index contributed by atoms with van der Waals surface area (Å²) in [7, 11) is 0. The minimum atomic E-state index is 0.660. The van der Waals surface area contributed by atoms with Gasteiger partial charge in [0.2, 0.25) is 0 Å². The van der Waals surface area contributed by atoms with Crippen LogP contribution in [0, 0.1) is 0 Å². The van der Waals surface area contributed by atoms with Gasteiger partial charge in [-0.05, 0) is 35.7 Å². The van der Waals surface area contributed by atoms with Crippen LogP contribution in [0.4, 0.5) is 5.69 Å². The molecular formula is C17H12ClN3S. The highest BCUT2D eigenvalue weighted by Gasteiger charge is 2.11. The third-order valence-corrected chi connectivity index (χ3v) is 4.81. The van der Waals surface area contributed by atoms with Crippen LogP contribution in [-0.4, -0.2) is 9.97 Å². The second kappa shape index (κ2) is 5.16. The van der Waals surface area contributed by atoms with Gasteiger partial charge in [-0.15, -0.1) is 11.3 Å². The summed E-state index contributed by atoms with van der Waals surface area (Å²) in [6, 6.07) is 13.9. The Labute approximate surface area is 136 Å². The molecule has 0 saturated carbocycles. The fourth-order valence-electron chi connectivity index (χ4n) is 2.51. The van der Waals surface area contributed by atoms with Crippen LogP contribution in [0.5, 0.6) is 0 Å². The van der Waals surface area contributed by atoms with E-state index >= 15 is 0 Å². The van der Waals surface area contributed by atoms with Crippen LogP contribution in [-0.2, 0) is 0 Å². The molecule has 0 radical (unpaired) electrons. The number of H-pyrrole nitrogens is 1. The minimum absolute atomic E-state index is 0.660. The van der Waals surface area contributed by atoms with Gasteiger partial charge in [0.15, 0.2) is 0 Å². The Balaban J connectivity index is 1.93. The van der Waals surface area contributed by atoms with Crippen LogP contribution in [0.2, 0.25) is 5.02 Å². The van der Waals surface area contributed by atoms with E-state index in [0.717, 1.165) is 32.7 Å². The molecule has 0 unspecified atom stereocenters. The van der Waals surface area contributed by atoms with Gasteiger partial charge in [-0.25, -0.2) is 4.98 Å². The second-order valence-corrected chi connectivity index (χ2v) is 6.36. The summed E-state index contributed by atoms with van der Waals surface area (Å²) < 4.78 is 0. The quantitative estimate of drug-likeness (QED) is 0.532. The maximum Gasteiger partial charge on any atom is 0.0809 e. The fourth-order valence-corrected chi connectivity index (χ4v) is 3.47. The van der Waals surface area contributed by atoms with Crippen LogP contribution < -0.4 is 5.73 Å². The Morgan fingerprint density at radius 1 is 1.14 bits per heavy atom. The number of nitrogens with two attached hydrogens (primary N) is 1. The highest BCUT2D eigenvalue weighted by molar-refractivity contribution is 7.13. The van der Waals surface area contributed by atoms with Gasteiger partial charge in [0.1, 0.15) is 0 Å². The first kappa shape index (κ1) is 13.4. The van der Waals surface area contributed by atoms with Crippen LogP contribution in [0.15, 0.2) is 54.0 Å². The molecule has 108 valence electrons. The molecule has 0 bridgehead atoms. The number of nitrogens with one attached hydrogen (secondary N) is 1. The molecule has 5 heteroatoms. The van der Waals surface area contributed by atoms with Crippen molar-refractivity contribution >= 4 is 39.5 Å². The number of halogens is 1. The molecule has 22 heavy (non-hydrogen) atoms. The number of hydrogen-bond acceptors (Lipinski definition) is 3. The molecule has 0 amide bonds. The summed E-state index contributed by atoms with van der Waals surface area (Å²) >= 11 is 8.08. The molecule has 0 saturated heterocycles. The Morgan fingerprint density at radius 2 is 2.05 bits per heavy atom. The van der Waals surface area contributed by atoms with Gasteiger partial charge < -0.3 is 10.7 Å². The number of anilines is 1. The normalized spacial score (nSPS) is 11.1. The number of nitrogen functional groups attached to an aromatic ring is 1. The Hall–Kier alpha value is -2.30. The highest BCUT2D eigenvalue weighted by atomic mass is 35.5. The molecule has 0 fully saturated rings. The molecule has 4 aromatic rings. The topological polar surface area (TPSA) is 54.7 Å². The van der Waals surface area contributed by atoms with Gasteiger partial charge in [0.05, 0.1) is 32.5 Å². The van der Waals surface area contributed by atoms with E-state index in [4.69, 9.17) is 22.3 Å². The van der Waals surface area contributed by atoms with Crippen LogP contribution >= 0.6 is 22.9 Å². The van der Waals surface area contributed by atoms with E-state index in [0.29, 0.717) is 10.7 Å². The Morgan fingerprint density at radius 3 is 2.77 bits per heavy atom. The van der Waals surface area contributed by atoms with Gasteiger partial charge in [-0.2, -0.15) is 0 Å². The molecular weight excluding hydrogens is 314 g/mol. The molecule has 4 rings (SSSR count). The van der Waals surface area contributed by atoms with Crippen molar-refractivity contribution < 1.29 is 0 Å². The van der Waals surface area contributed by atoms with Crippen molar-refractivity contribution in [2.45, 2.75) is 0 Å². The molecule has 0 aliphatic rings. The molecule has 0 aliphatic heterocycles. The number of aromatic amines is 1. The lowest BCUT2D eigenvalue weighted by atomic mass is 10.1. The van der Waals surface area contributed by atoms with E-state index in [1.54, 1.807) is 17.5 Å². The van der Waals surface area contributed by atoms with Gasteiger partial charge >= 0.3 is 0 Å². The van der Waals surface area contributed by atoms with E-state index in [-0.39, 0.29) is 0 Å². The largest absolute Gasteiger partial charge is 0.397 e. The van der Waals surface area contributed by atoms with Crippen molar-refractivity contribution in [3.05, 3.63) is 59.1 Å². The van der Waals surface area contributed by atoms with Gasteiger partial charge in [-0.1, -0.05) is 23.7 Å². The molecule has 3 nitrogen and oxygen atoms in total. The predicted molar refractivity (Wildman–Crippen MR) is 94.3 cm³/mol. The van der Waals surface area contributed by atoms with E-state index in [2.05, 4.69) is 11.1 Å². The van der Waals surface area contributed by atoms with Crippen molar-refractivity contribution in [1.29, 1.82) is 0 Å². The third kappa shape index (κ3) is 2.17. The monoisotopic (exact) mass is 325 g/mol. The number of hydrogen-bond donors (Lipinski definition) is 2. The van der Waals surface area contributed by atoms with Crippen molar-refractivity contribution in [2.75, 3.05) is 5.73 Å². The zero-order valence-electron chi connectivity index (χ0n) is 11.5. The first-order chi connectivity index (χ1) is 10.7. The van der Waals surface area contributed by atoms with Crippen LogP contribution in [0.3, 0.4) is 0 Å². The molecule has 0 spiro atoms. The summed E-state index contributed by atoms with van der Waals surface area (Å²) in [6.07, 6.45) is 1.81. The van der Waals surface area contributed by atoms with Crippen molar-refractivity contribution in [2.24, 2.45) is 0 Å². The highest BCUT2D eigenvalue weighted by Crippen LogP contribution is 2.34. The average molecular weight is 326 g/mol. The van der Waals surface area contributed by atoms with Gasteiger partial charge in [-0.3, -0.25) is 0 Å². The standard InChI is InChI=1S/C17H12ClN3S/c18-12-8-10-3-4-14(16-2-1-7-22-16)21-15(10)9-11(12)17-13(19)5-6-20-17/h1-9,20H,19H2. The molecule has 3 heterocycles. The number of fused-ring (bicyclic) bond motifs is 1. The lowest BCUT2D eigenvalue weighted by molar-refractivity contribution is 1.39. The van der Waals surface area contributed by atoms with Gasteiger partial charge in [0, 0.05) is 17.1 Å². The van der Waals surface area contributed by atoms with Gasteiger partial charge in [0.25, 0.3) is 0 Å². The number of aromatic nitrogens is 2. The molecule has 0 atom stereocenters. The summed E-state index contributed by atoms with van der Waals surface area (Å²) in [5.41, 5.74) is 10.2. The summed E-state index contributed by atoms with van der Waals surface area (Å²) in [6.45, 7) is 0. The lowest BCUT2D eigenvalue weighted by Crippen LogP contribution is -1.90. The zero-order valence-corrected chi connectivity index (χ0v) is 13.1. The summed E-state index contributed by atoms with van der Waals surface area (Å²) in [4.78, 5) is 9.04. The zero-order chi connectivity index (χ0) is 15.1. The molecule has 0 aliphatic carbocycles. The molecule has 3 N–H and O–H groups in total. The number of rotatable bonds is 2. The number of thiophene rings is 1. The summed E-state index contributed by atoms with van der Waals surface area (Å²) in [5, 5.41) is 3.72. The third-order valence-electron chi connectivity index (χ3n) is 3.60. The van der Waals surface area contributed by atoms with Crippen molar-refractivity contribution in [3.8, 4) is 21.8 Å². The van der Waals surface area contributed by atoms with E-state index in [9.17, 15) is 0 Å². The average Bonchev–Trinajstić information content (AvgIpc) is 3.18. The van der Waals surface area contributed by atoms with Crippen molar-refractivity contribution in [3.63, 3.8) is 0 Å². The molecule has 3 aromatic heterocycles. The molecule has 1 aromatic carbocycles. The van der Waals surface area contributed by atoms with E-state index in [1.807, 2.05) is 41.8 Å². The fraction of sp³-hybridized carbons (Fsp3) is 0. The van der Waals surface area contributed by atoms with E-state index in [1.165, 1.54) is 0 Å². The summed E-state index contributed by atoms with van der Waals surface area (Å²) in [5.74, 6) is 0. The SMILES string of the molecule is Nc1cc[nH]c1-c1cc2nc(-c3cccs3)ccc2cc1Cl. The smallest absolute Gasteiger partial charge is 0.0809 e. The van der Waals surface area contributed by atoms with E-state index < -0.39 is 0 Å². The maximum atomic E-state index is 6.40. The van der Waals surface area contributed by atoms with Crippen LogP contribution in [0.25, 0.3) is 32.7 Å². The lowest BCUT2D eigenvalue weighted by Gasteiger charge is -2.07. The minimum Gasteiger partial charge on any atom is -0.397 e. The number of benzene rings is 1. The van der Waals surface area contributed by atoms with Crippen molar-refractivity contribution in [1.82, 2.24) is 9.97 Å². The first-order valence-corrected chi connectivity index (χ1v) is 8.05. The Kier molecular flexibility index (Phi) is 3.13. The predicted octanol–water partition coefficient (Wildman–Crippen LogP) is 5.19. The number of nitrogens with zero attached hydrogens (tertiary/aromatic N) is 1. The maximum absolute atomic E-state index is 6.40. The van der Waals surface area contributed by atoms with Crippen LogP contribution in [0.1, 0.15) is 0 Å². The Bertz CT molecular complexity index is 957. The second-order valence-electron chi connectivity index (χ2n) is 5.01.